The largest absolute Gasteiger partial charge is 0.496 e. The van der Waals surface area contributed by atoms with Crippen LogP contribution >= 0.6 is 27.3 Å². The van der Waals surface area contributed by atoms with Gasteiger partial charge in [-0.2, -0.15) is 0 Å². The van der Waals surface area contributed by atoms with E-state index in [9.17, 15) is 9.59 Å². The van der Waals surface area contributed by atoms with Crippen molar-refractivity contribution >= 4 is 39.3 Å². The summed E-state index contributed by atoms with van der Waals surface area (Å²) in [6.07, 6.45) is 3.47. The molecule has 9 heteroatoms. The van der Waals surface area contributed by atoms with Crippen LogP contribution in [0.4, 0.5) is 0 Å². The number of benzene rings is 2. The van der Waals surface area contributed by atoms with Gasteiger partial charge in [-0.25, -0.2) is 9.79 Å². The van der Waals surface area contributed by atoms with Crippen molar-refractivity contribution in [2.75, 3.05) is 20.3 Å². The summed E-state index contributed by atoms with van der Waals surface area (Å²) in [6.45, 7) is 7.76. The van der Waals surface area contributed by atoms with Crippen molar-refractivity contribution in [1.82, 2.24) is 4.57 Å². The molecule has 1 aliphatic heterocycles. The van der Waals surface area contributed by atoms with Gasteiger partial charge >= 0.3 is 5.97 Å². The molecule has 4 rings (SSSR count). The Labute approximate surface area is 220 Å². The SMILES string of the molecule is C=CCOc1ccc([C@H]2C(C(=O)OCC)=C(C)N=c3s/c(=C\c4ccc(OC)c(Br)c4)c(=O)n32)cc1. The number of halogens is 1. The minimum atomic E-state index is -0.682. The first-order valence-corrected chi connectivity index (χ1v) is 12.9. The number of fused-ring (bicyclic) bond motifs is 1. The predicted molar refractivity (Wildman–Crippen MR) is 143 cm³/mol. The molecule has 1 aromatic heterocycles. The second-order valence-corrected chi connectivity index (χ2v) is 9.73. The van der Waals surface area contributed by atoms with Gasteiger partial charge < -0.3 is 14.2 Å². The molecule has 0 spiro atoms. The highest BCUT2D eigenvalue weighted by Crippen LogP contribution is 2.32. The van der Waals surface area contributed by atoms with Crippen molar-refractivity contribution < 1.29 is 19.0 Å². The van der Waals surface area contributed by atoms with Gasteiger partial charge in [0.05, 0.1) is 40.0 Å². The summed E-state index contributed by atoms with van der Waals surface area (Å²) in [5.41, 5.74) is 2.19. The number of rotatable bonds is 8. The van der Waals surface area contributed by atoms with E-state index in [1.807, 2.05) is 42.5 Å². The highest BCUT2D eigenvalue weighted by molar-refractivity contribution is 9.10. The number of carbonyl (C=O) groups excluding carboxylic acids is 1. The normalized spacial score (nSPS) is 15.2. The fourth-order valence-corrected chi connectivity index (χ4v) is 5.54. The number of ether oxygens (including phenoxy) is 3. The summed E-state index contributed by atoms with van der Waals surface area (Å²) in [5, 5.41) is 0. The van der Waals surface area contributed by atoms with Crippen LogP contribution < -0.4 is 24.4 Å². The number of allylic oxidation sites excluding steroid dienone is 1. The molecular weight excluding hydrogens is 544 g/mol. The van der Waals surface area contributed by atoms with Gasteiger partial charge in [0.25, 0.3) is 5.56 Å². The Morgan fingerprint density at radius 3 is 2.64 bits per heavy atom. The smallest absolute Gasteiger partial charge is 0.338 e. The van der Waals surface area contributed by atoms with E-state index >= 15 is 0 Å². The van der Waals surface area contributed by atoms with Gasteiger partial charge in [-0.15, -0.1) is 0 Å². The monoisotopic (exact) mass is 568 g/mol. The molecular formula is C27H25BrN2O5S. The van der Waals surface area contributed by atoms with Crippen LogP contribution in [0.2, 0.25) is 0 Å². The minimum Gasteiger partial charge on any atom is -0.496 e. The van der Waals surface area contributed by atoms with Crippen molar-refractivity contribution in [3.8, 4) is 11.5 Å². The van der Waals surface area contributed by atoms with Crippen molar-refractivity contribution in [3.05, 3.63) is 102 Å². The fourth-order valence-electron chi connectivity index (χ4n) is 3.93. The van der Waals surface area contributed by atoms with Crippen LogP contribution in [0.3, 0.4) is 0 Å². The molecule has 2 heterocycles. The lowest BCUT2D eigenvalue weighted by atomic mass is 9.96. The van der Waals surface area contributed by atoms with Gasteiger partial charge in [0, 0.05) is 0 Å². The van der Waals surface area contributed by atoms with Gasteiger partial charge in [-0.05, 0) is 71.2 Å². The molecule has 0 saturated heterocycles. The van der Waals surface area contributed by atoms with Gasteiger partial charge in [-0.3, -0.25) is 9.36 Å². The fraction of sp³-hybridized carbons (Fsp3) is 0.222. The molecule has 0 amide bonds. The van der Waals surface area contributed by atoms with Crippen LogP contribution in [0, 0.1) is 0 Å². The Morgan fingerprint density at radius 1 is 1.25 bits per heavy atom. The van der Waals surface area contributed by atoms with E-state index in [0.717, 1.165) is 15.6 Å². The second-order valence-electron chi connectivity index (χ2n) is 7.86. The maximum Gasteiger partial charge on any atom is 0.338 e. The highest BCUT2D eigenvalue weighted by Gasteiger charge is 2.33. The molecule has 7 nitrogen and oxygen atoms in total. The van der Waals surface area contributed by atoms with Crippen LogP contribution in [-0.4, -0.2) is 30.9 Å². The first kappa shape index (κ1) is 25.7. The van der Waals surface area contributed by atoms with Crippen molar-refractivity contribution in [1.29, 1.82) is 0 Å². The van der Waals surface area contributed by atoms with Gasteiger partial charge in [0.15, 0.2) is 4.80 Å². The van der Waals surface area contributed by atoms with Crippen molar-refractivity contribution in [2.24, 2.45) is 4.99 Å². The molecule has 1 aliphatic rings. The van der Waals surface area contributed by atoms with Crippen LogP contribution in [-0.2, 0) is 9.53 Å². The van der Waals surface area contributed by atoms with E-state index < -0.39 is 12.0 Å². The molecule has 0 unspecified atom stereocenters. The maximum absolute atomic E-state index is 13.7. The van der Waals surface area contributed by atoms with Gasteiger partial charge in [0.1, 0.15) is 18.1 Å². The molecule has 0 bridgehead atoms. The van der Waals surface area contributed by atoms with E-state index in [0.29, 0.717) is 38.7 Å². The zero-order valence-electron chi connectivity index (χ0n) is 20.1. The third kappa shape index (κ3) is 5.08. The average molecular weight is 569 g/mol. The van der Waals surface area contributed by atoms with Crippen molar-refractivity contribution in [3.63, 3.8) is 0 Å². The highest BCUT2D eigenvalue weighted by atomic mass is 79.9. The van der Waals surface area contributed by atoms with E-state index in [4.69, 9.17) is 14.2 Å². The summed E-state index contributed by atoms with van der Waals surface area (Å²) in [7, 11) is 1.60. The number of hydrogen-bond donors (Lipinski definition) is 0. The molecule has 0 radical (unpaired) electrons. The Kier molecular flexibility index (Phi) is 7.91. The van der Waals surface area contributed by atoms with Gasteiger partial charge in [0.2, 0.25) is 0 Å². The lowest BCUT2D eigenvalue weighted by molar-refractivity contribution is -0.139. The zero-order chi connectivity index (χ0) is 25.8. The van der Waals surface area contributed by atoms with Crippen LogP contribution in [0.1, 0.15) is 31.0 Å². The van der Waals surface area contributed by atoms with E-state index in [1.54, 1.807) is 37.7 Å². The number of nitrogens with zero attached hydrogens (tertiary/aromatic N) is 2. The minimum absolute atomic E-state index is 0.216. The van der Waals surface area contributed by atoms with Crippen molar-refractivity contribution in [2.45, 2.75) is 19.9 Å². The number of hydrogen-bond acceptors (Lipinski definition) is 7. The number of aromatic nitrogens is 1. The third-order valence-electron chi connectivity index (χ3n) is 5.55. The van der Waals surface area contributed by atoms with Crippen LogP contribution in [0.25, 0.3) is 6.08 Å². The molecule has 3 aromatic rings. The second kappa shape index (κ2) is 11.1. The summed E-state index contributed by atoms with van der Waals surface area (Å²) in [4.78, 5) is 31.8. The molecule has 0 aliphatic carbocycles. The Morgan fingerprint density at radius 2 is 2.00 bits per heavy atom. The maximum atomic E-state index is 13.7. The van der Waals surface area contributed by atoms with Gasteiger partial charge in [-0.1, -0.05) is 42.2 Å². The molecule has 0 fully saturated rings. The Hall–Kier alpha value is -3.43. The average Bonchev–Trinajstić information content (AvgIpc) is 3.16. The topological polar surface area (TPSA) is 79.1 Å². The lowest BCUT2D eigenvalue weighted by Crippen LogP contribution is -2.39. The Bertz CT molecular complexity index is 1520. The number of methoxy groups -OCH3 is 1. The Balaban J connectivity index is 1.87. The zero-order valence-corrected chi connectivity index (χ0v) is 22.5. The summed E-state index contributed by atoms with van der Waals surface area (Å²) >= 11 is 4.76. The van der Waals surface area contributed by atoms with E-state index in [2.05, 4.69) is 27.5 Å². The third-order valence-corrected chi connectivity index (χ3v) is 7.16. The molecule has 186 valence electrons. The standard InChI is InChI=1S/C27H25BrN2O5S/c1-5-13-35-19-10-8-18(9-11-19)24-23(26(32)34-6-2)16(3)29-27-30(24)25(31)22(36-27)15-17-7-12-21(33-4)20(28)14-17/h5,7-12,14-15,24H,1,6,13H2,2-4H3/b22-15-/t24-/m0/s1. The molecule has 36 heavy (non-hydrogen) atoms. The van der Waals surface area contributed by atoms with E-state index in [1.165, 1.54) is 11.3 Å². The number of carbonyl (C=O) groups is 1. The summed E-state index contributed by atoms with van der Waals surface area (Å²) < 4.78 is 19.1. The molecule has 0 N–H and O–H groups in total. The quantitative estimate of drug-likeness (QED) is 0.301. The molecule has 2 aromatic carbocycles. The first-order valence-electron chi connectivity index (χ1n) is 11.2. The number of thiazole rings is 1. The van der Waals surface area contributed by atoms with Crippen LogP contribution in [0.5, 0.6) is 11.5 Å². The summed E-state index contributed by atoms with van der Waals surface area (Å²) in [5.74, 6) is 0.863. The first-order chi connectivity index (χ1) is 17.4. The van der Waals surface area contributed by atoms with E-state index in [-0.39, 0.29) is 12.2 Å². The predicted octanol–water partition coefficient (Wildman–Crippen LogP) is 4.13. The number of esters is 1. The molecule has 1 atom stereocenters. The van der Waals surface area contributed by atoms with Crippen LogP contribution in [0.15, 0.2) is 80.6 Å². The lowest BCUT2D eigenvalue weighted by Gasteiger charge is -2.24. The molecule has 0 saturated carbocycles. The summed E-state index contributed by atoms with van der Waals surface area (Å²) in [6, 6.07) is 12.2.